The zero-order valence-corrected chi connectivity index (χ0v) is 22.9. The minimum Gasteiger partial charge on any atom is -0.317 e. The highest BCUT2D eigenvalue weighted by Gasteiger charge is 2.17. The van der Waals surface area contributed by atoms with Gasteiger partial charge in [0.05, 0.1) is 16.7 Å². The Morgan fingerprint density at radius 1 is 1.15 bits per heavy atom. The SMILES string of the molecule is C=C/C=C\C=C/C(C)/C(=N/N=C)C(=NC)c1ccccc1.CC.CNC1CC1.CS[C@@H](C)C=O. The number of nitrogens with one attached hydrogen (secondary N) is 1. The van der Waals surface area contributed by atoms with Crippen molar-refractivity contribution in [3.05, 3.63) is 72.9 Å². The number of nitrogens with zero attached hydrogens (tertiary/aromatic N) is 3. The molecule has 1 saturated carbocycles. The first-order chi connectivity index (χ1) is 16.5. The fraction of sp³-hybridized carbons (Fsp3) is 0.429. The molecule has 2 atom stereocenters. The second-order valence-electron chi connectivity index (χ2n) is 7.00. The van der Waals surface area contributed by atoms with Crippen LogP contribution in [0.25, 0.3) is 0 Å². The number of thioether (sulfide) groups is 1. The quantitative estimate of drug-likeness (QED) is 0.180. The Morgan fingerprint density at radius 3 is 2.12 bits per heavy atom. The van der Waals surface area contributed by atoms with Gasteiger partial charge in [0, 0.05) is 31.3 Å². The molecule has 0 heterocycles. The number of carbonyl (C=O) groups is 1. The van der Waals surface area contributed by atoms with E-state index in [9.17, 15) is 4.79 Å². The number of rotatable bonds is 10. The minimum atomic E-state index is 0.0730. The summed E-state index contributed by atoms with van der Waals surface area (Å²) < 4.78 is 0. The van der Waals surface area contributed by atoms with Crippen LogP contribution in [0.1, 0.15) is 46.1 Å². The number of benzene rings is 1. The summed E-state index contributed by atoms with van der Waals surface area (Å²) in [5.41, 5.74) is 2.64. The standard InChI is InChI=1S/C18H21N3.C4H9N.C4H8OS.C2H6/c1-5-6-7-9-12-15(2)17(21-20-4)18(19-3)16-13-10-8-11-14-16;1-5-4-2-3-4;1-4(3-5)6-2;1-2/h5-15H,1,4H2,2-3H3;4-5H,2-3H2,1H3;3-4H,1-2H3;1-2H3/b7-6-,12-9-,19-18?,21-17-;;;/t;;4-;/m..0./s1. The third-order valence-electron chi connectivity index (χ3n) is 4.43. The fourth-order valence-electron chi connectivity index (χ4n) is 2.31. The number of hydrogen-bond donors (Lipinski definition) is 1. The van der Waals surface area contributed by atoms with Crippen molar-refractivity contribution < 1.29 is 4.79 Å². The van der Waals surface area contributed by atoms with E-state index < -0.39 is 0 Å². The van der Waals surface area contributed by atoms with E-state index in [2.05, 4.69) is 40.7 Å². The summed E-state index contributed by atoms with van der Waals surface area (Å²) in [5, 5.41) is 11.2. The zero-order valence-electron chi connectivity index (χ0n) is 22.1. The van der Waals surface area contributed by atoms with Crippen molar-refractivity contribution in [3.63, 3.8) is 0 Å². The maximum atomic E-state index is 9.72. The molecule has 6 heteroatoms. The molecule has 34 heavy (non-hydrogen) atoms. The van der Waals surface area contributed by atoms with Crippen molar-refractivity contribution in [2.24, 2.45) is 21.1 Å². The Labute approximate surface area is 212 Å². The summed E-state index contributed by atoms with van der Waals surface area (Å²) in [6.45, 7) is 15.0. The number of hydrogen-bond acceptors (Lipinski definition) is 6. The van der Waals surface area contributed by atoms with Crippen LogP contribution in [0.2, 0.25) is 0 Å². The summed E-state index contributed by atoms with van der Waals surface area (Å²) in [7, 11) is 3.77. The van der Waals surface area contributed by atoms with Crippen LogP contribution in [-0.4, -0.2) is 56.1 Å². The summed E-state index contributed by atoms with van der Waals surface area (Å²) in [5.74, 6) is 0.0730. The normalized spacial score (nSPS) is 15.0. The van der Waals surface area contributed by atoms with Crippen LogP contribution in [0.3, 0.4) is 0 Å². The van der Waals surface area contributed by atoms with Crippen LogP contribution in [-0.2, 0) is 4.79 Å². The van der Waals surface area contributed by atoms with Crippen molar-refractivity contribution >= 4 is 36.2 Å². The van der Waals surface area contributed by atoms with E-state index in [0.29, 0.717) is 0 Å². The van der Waals surface area contributed by atoms with E-state index in [1.165, 1.54) is 12.8 Å². The molecule has 0 aromatic heterocycles. The van der Waals surface area contributed by atoms with E-state index in [4.69, 9.17) is 0 Å². The average molecular weight is 485 g/mol. The third-order valence-corrected chi connectivity index (χ3v) is 5.28. The smallest absolute Gasteiger partial charge is 0.132 e. The second kappa shape index (κ2) is 23.6. The summed E-state index contributed by atoms with van der Waals surface area (Å²) in [4.78, 5) is 14.1. The highest BCUT2D eigenvalue weighted by molar-refractivity contribution is 7.99. The van der Waals surface area contributed by atoms with Crippen molar-refractivity contribution in [1.82, 2.24) is 5.32 Å². The number of aldehydes is 1. The van der Waals surface area contributed by atoms with E-state index in [-0.39, 0.29) is 11.2 Å². The van der Waals surface area contributed by atoms with E-state index in [1.54, 1.807) is 24.9 Å². The van der Waals surface area contributed by atoms with Crippen LogP contribution >= 0.6 is 11.8 Å². The zero-order chi connectivity index (χ0) is 26.2. The molecule has 0 radical (unpaired) electrons. The van der Waals surface area contributed by atoms with Gasteiger partial charge in [0.1, 0.15) is 6.29 Å². The van der Waals surface area contributed by atoms with Gasteiger partial charge in [0.25, 0.3) is 0 Å². The molecule has 5 nitrogen and oxygen atoms in total. The summed E-state index contributed by atoms with van der Waals surface area (Å²) in [6.07, 6.45) is 15.2. The molecule has 1 aromatic rings. The predicted octanol–water partition coefficient (Wildman–Crippen LogP) is 6.43. The van der Waals surface area contributed by atoms with Crippen molar-refractivity contribution in [3.8, 4) is 0 Å². The van der Waals surface area contributed by atoms with E-state index >= 15 is 0 Å². The van der Waals surface area contributed by atoms with Crippen molar-refractivity contribution in [1.29, 1.82) is 0 Å². The van der Waals surface area contributed by atoms with E-state index in [0.717, 1.165) is 29.3 Å². The molecular weight excluding hydrogens is 440 g/mol. The Balaban J connectivity index is 0. The van der Waals surface area contributed by atoms with Crippen LogP contribution in [0.15, 0.2) is 82.5 Å². The van der Waals surface area contributed by atoms with Gasteiger partial charge in [-0.1, -0.05) is 88.1 Å². The largest absolute Gasteiger partial charge is 0.317 e. The molecule has 0 aliphatic heterocycles. The Kier molecular flexibility index (Phi) is 23.3. The van der Waals surface area contributed by atoms with Crippen LogP contribution in [0.5, 0.6) is 0 Å². The topological polar surface area (TPSA) is 66.2 Å². The Hall–Kier alpha value is -2.57. The maximum absolute atomic E-state index is 9.72. The molecule has 188 valence electrons. The Bertz CT molecular complexity index is 781. The first-order valence-corrected chi connectivity index (χ1v) is 12.9. The van der Waals surface area contributed by atoms with Crippen LogP contribution < -0.4 is 5.32 Å². The highest BCUT2D eigenvalue weighted by Crippen LogP contribution is 2.17. The molecule has 1 aromatic carbocycles. The van der Waals surface area contributed by atoms with Gasteiger partial charge in [-0.15, -0.1) is 0 Å². The molecule has 1 unspecified atom stereocenters. The number of allylic oxidation sites excluding steroid dienone is 5. The lowest BCUT2D eigenvalue weighted by atomic mass is 9.96. The molecule has 2 rings (SSSR count). The lowest BCUT2D eigenvalue weighted by Crippen LogP contribution is -2.22. The van der Waals surface area contributed by atoms with Gasteiger partial charge in [0.15, 0.2) is 0 Å². The summed E-state index contributed by atoms with van der Waals surface area (Å²) in [6, 6.07) is 10.8. The highest BCUT2D eigenvalue weighted by atomic mass is 32.2. The predicted molar refractivity (Wildman–Crippen MR) is 156 cm³/mol. The molecule has 1 aliphatic rings. The van der Waals surface area contributed by atoms with Crippen LogP contribution in [0.4, 0.5) is 0 Å². The molecule has 1 fully saturated rings. The van der Waals surface area contributed by atoms with Crippen LogP contribution in [0, 0.1) is 5.92 Å². The monoisotopic (exact) mass is 484 g/mol. The van der Waals surface area contributed by atoms with Gasteiger partial charge in [-0.2, -0.15) is 22.0 Å². The second-order valence-corrected chi connectivity index (χ2v) is 8.21. The molecular formula is C28H44N4OS. The lowest BCUT2D eigenvalue weighted by Gasteiger charge is -2.12. The minimum absolute atomic E-state index is 0.0730. The number of carbonyl (C=O) groups excluding carboxylic acids is 1. The number of aliphatic imine (C=N–C) groups is 1. The molecule has 0 bridgehead atoms. The van der Waals surface area contributed by atoms with Gasteiger partial charge in [-0.3, -0.25) is 4.99 Å². The lowest BCUT2D eigenvalue weighted by molar-refractivity contribution is -0.107. The molecule has 1 N–H and O–H groups in total. The van der Waals surface area contributed by atoms with Gasteiger partial charge in [-0.25, -0.2) is 0 Å². The maximum Gasteiger partial charge on any atom is 0.132 e. The van der Waals surface area contributed by atoms with Gasteiger partial charge >= 0.3 is 0 Å². The summed E-state index contributed by atoms with van der Waals surface area (Å²) >= 11 is 1.56. The molecule has 0 amide bonds. The molecule has 0 saturated heterocycles. The average Bonchev–Trinajstić information content (AvgIpc) is 3.73. The van der Waals surface area contributed by atoms with Crippen molar-refractivity contribution in [2.75, 3.05) is 20.4 Å². The Morgan fingerprint density at radius 2 is 1.76 bits per heavy atom. The van der Waals surface area contributed by atoms with Gasteiger partial charge in [0.2, 0.25) is 0 Å². The molecule has 0 spiro atoms. The fourth-order valence-corrected chi connectivity index (χ4v) is 2.42. The van der Waals surface area contributed by atoms with E-state index in [1.807, 2.05) is 88.7 Å². The van der Waals surface area contributed by atoms with Gasteiger partial charge < -0.3 is 10.1 Å². The van der Waals surface area contributed by atoms with Crippen molar-refractivity contribution in [2.45, 2.75) is 51.8 Å². The first-order valence-electron chi connectivity index (χ1n) is 11.7. The third kappa shape index (κ3) is 17.0. The molecule has 1 aliphatic carbocycles. The first kappa shape index (κ1) is 33.6. The van der Waals surface area contributed by atoms with Gasteiger partial charge in [-0.05, 0) is 33.1 Å².